The highest BCUT2D eigenvalue weighted by Gasteiger charge is 2.56. The van der Waals surface area contributed by atoms with E-state index in [1.165, 1.54) is 6.26 Å². The Labute approximate surface area is 113 Å². The van der Waals surface area contributed by atoms with Gasteiger partial charge in [0.2, 0.25) is 0 Å². The molecule has 2 rings (SSSR count). The summed E-state index contributed by atoms with van der Waals surface area (Å²) in [4.78, 5) is 21.9. The summed E-state index contributed by atoms with van der Waals surface area (Å²) < 4.78 is 16.8. The van der Waals surface area contributed by atoms with Gasteiger partial charge in [-0.3, -0.25) is 14.9 Å². The second kappa shape index (κ2) is 5.50. The zero-order valence-electron chi connectivity index (χ0n) is 10.3. The number of β-lactam (4-membered cyclic amide) rings is 1. The minimum absolute atomic E-state index is 0.173. The van der Waals surface area contributed by atoms with E-state index in [1.807, 2.05) is 6.07 Å². The van der Waals surface area contributed by atoms with Gasteiger partial charge in [-0.15, -0.1) is 0 Å². The molecule has 2 amide bonds. The lowest BCUT2D eigenvalue weighted by Crippen LogP contribution is -2.76. The normalized spacial score (nSPS) is 22.9. The van der Waals surface area contributed by atoms with Gasteiger partial charge in [0.15, 0.2) is 6.61 Å². The SMILES string of the molecule is C[S+]([O-])[C@@]1(NC(=O)COc2ccccc2)CNC1=O. The maximum Gasteiger partial charge on any atom is 0.300 e. The zero-order valence-corrected chi connectivity index (χ0v) is 11.2. The number of rotatable bonds is 5. The minimum atomic E-state index is -1.48. The maximum atomic E-state index is 11.7. The third-order valence-corrected chi connectivity index (χ3v) is 4.22. The molecule has 0 bridgehead atoms. The summed E-state index contributed by atoms with van der Waals surface area (Å²) >= 11 is -1.48. The van der Waals surface area contributed by atoms with Crippen LogP contribution >= 0.6 is 0 Å². The molecule has 1 heterocycles. The lowest BCUT2D eigenvalue weighted by molar-refractivity contribution is -0.136. The summed E-state index contributed by atoms with van der Waals surface area (Å²) in [5.41, 5.74) is 0. The molecule has 19 heavy (non-hydrogen) atoms. The van der Waals surface area contributed by atoms with Crippen LogP contribution in [0.5, 0.6) is 5.75 Å². The van der Waals surface area contributed by atoms with Gasteiger partial charge in [-0.25, -0.2) is 0 Å². The van der Waals surface area contributed by atoms with E-state index in [0.717, 1.165) is 0 Å². The van der Waals surface area contributed by atoms with E-state index in [1.54, 1.807) is 24.3 Å². The molecule has 1 unspecified atom stereocenters. The molecule has 1 aromatic rings. The Kier molecular flexibility index (Phi) is 3.96. The Hall–Kier alpha value is -1.73. The van der Waals surface area contributed by atoms with Gasteiger partial charge in [0.1, 0.15) is 5.75 Å². The largest absolute Gasteiger partial charge is 0.614 e. The van der Waals surface area contributed by atoms with Crippen LogP contribution in [0.15, 0.2) is 30.3 Å². The van der Waals surface area contributed by atoms with Crippen molar-refractivity contribution in [1.82, 2.24) is 10.6 Å². The summed E-state index contributed by atoms with van der Waals surface area (Å²) in [6.45, 7) is -0.0533. The van der Waals surface area contributed by atoms with Crippen LogP contribution in [-0.2, 0) is 20.8 Å². The summed E-state index contributed by atoms with van der Waals surface area (Å²) in [6, 6.07) is 8.85. The molecule has 2 N–H and O–H groups in total. The molecule has 1 saturated heterocycles. The van der Waals surface area contributed by atoms with Crippen molar-refractivity contribution >= 4 is 23.0 Å². The predicted octanol–water partition coefficient (Wildman–Crippen LogP) is -0.614. The lowest BCUT2D eigenvalue weighted by atomic mass is 10.1. The molecule has 7 heteroatoms. The van der Waals surface area contributed by atoms with Crippen LogP contribution in [0, 0.1) is 0 Å². The topological polar surface area (TPSA) is 90.5 Å². The van der Waals surface area contributed by atoms with Crippen molar-refractivity contribution < 1.29 is 18.9 Å². The van der Waals surface area contributed by atoms with Crippen LogP contribution in [0.25, 0.3) is 0 Å². The van der Waals surface area contributed by atoms with Crippen LogP contribution in [-0.4, -0.2) is 40.6 Å². The van der Waals surface area contributed by atoms with E-state index in [9.17, 15) is 14.1 Å². The number of nitrogens with one attached hydrogen (secondary N) is 2. The van der Waals surface area contributed by atoms with Crippen LogP contribution in [0.2, 0.25) is 0 Å². The first kappa shape index (κ1) is 13.7. The molecule has 1 aliphatic rings. The number of hydrogen-bond donors (Lipinski definition) is 2. The van der Waals surface area contributed by atoms with E-state index in [2.05, 4.69) is 10.6 Å². The fourth-order valence-electron chi connectivity index (χ4n) is 1.65. The van der Waals surface area contributed by atoms with Crippen molar-refractivity contribution in [3.05, 3.63) is 30.3 Å². The Morgan fingerprint density at radius 1 is 1.53 bits per heavy atom. The van der Waals surface area contributed by atoms with Crippen LogP contribution in [0.3, 0.4) is 0 Å². The van der Waals surface area contributed by atoms with Gasteiger partial charge in [0.05, 0.1) is 12.8 Å². The Morgan fingerprint density at radius 2 is 2.21 bits per heavy atom. The molecule has 0 aromatic heterocycles. The number of hydrogen-bond acceptors (Lipinski definition) is 4. The minimum Gasteiger partial charge on any atom is -0.614 e. The highest BCUT2D eigenvalue weighted by atomic mass is 32.2. The molecule has 0 spiro atoms. The standard InChI is InChI=1S/C12H14N2O4S/c1-19(17)12(8-13-11(12)16)14-10(15)7-18-9-5-3-2-4-6-9/h2-6H,7-8H2,1H3,(H,13,16)(H,14,15)/t12-,19?/m0/s1. The highest BCUT2D eigenvalue weighted by Crippen LogP contribution is 2.19. The third-order valence-electron chi connectivity index (χ3n) is 2.81. The summed E-state index contributed by atoms with van der Waals surface area (Å²) in [6.07, 6.45) is 1.39. The van der Waals surface area contributed by atoms with E-state index in [0.29, 0.717) is 5.75 Å². The van der Waals surface area contributed by atoms with Gasteiger partial charge >= 0.3 is 0 Å². The monoisotopic (exact) mass is 282 g/mol. The first-order valence-corrected chi connectivity index (χ1v) is 7.21. The number of para-hydroxylation sites is 1. The highest BCUT2D eigenvalue weighted by molar-refractivity contribution is 7.93. The molecule has 0 radical (unpaired) electrons. The van der Waals surface area contributed by atoms with Crippen molar-refractivity contribution in [2.24, 2.45) is 0 Å². The molecular weight excluding hydrogens is 268 g/mol. The molecule has 0 saturated carbocycles. The van der Waals surface area contributed by atoms with Crippen LogP contribution in [0.4, 0.5) is 0 Å². The number of carbonyl (C=O) groups is 2. The number of carbonyl (C=O) groups excluding carboxylic acids is 2. The fourth-order valence-corrected chi connectivity index (χ4v) is 2.52. The Morgan fingerprint density at radius 3 is 2.68 bits per heavy atom. The second-order valence-corrected chi connectivity index (χ2v) is 5.72. The van der Waals surface area contributed by atoms with E-state index < -0.39 is 27.9 Å². The predicted molar refractivity (Wildman–Crippen MR) is 69.9 cm³/mol. The second-order valence-electron chi connectivity index (χ2n) is 4.11. The first-order valence-electron chi connectivity index (χ1n) is 5.65. The zero-order chi connectivity index (χ0) is 13.9. The summed E-state index contributed by atoms with van der Waals surface area (Å²) in [7, 11) is 0. The molecule has 1 aromatic carbocycles. The number of ether oxygens (including phenoxy) is 1. The fraction of sp³-hybridized carbons (Fsp3) is 0.333. The molecule has 2 atom stereocenters. The van der Waals surface area contributed by atoms with Crippen molar-refractivity contribution in [2.45, 2.75) is 4.87 Å². The molecule has 0 aliphatic carbocycles. The van der Waals surface area contributed by atoms with Gasteiger partial charge in [-0.2, -0.15) is 0 Å². The number of amides is 2. The first-order chi connectivity index (χ1) is 9.04. The smallest absolute Gasteiger partial charge is 0.300 e. The van der Waals surface area contributed by atoms with E-state index >= 15 is 0 Å². The third kappa shape index (κ3) is 2.82. The van der Waals surface area contributed by atoms with Crippen LogP contribution < -0.4 is 15.4 Å². The average Bonchev–Trinajstić information content (AvgIpc) is 2.41. The van der Waals surface area contributed by atoms with Crippen molar-refractivity contribution in [2.75, 3.05) is 19.4 Å². The van der Waals surface area contributed by atoms with Crippen molar-refractivity contribution in [3.63, 3.8) is 0 Å². The van der Waals surface area contributed by atoms with E-state index in [4.69, 9.17) is 4.74 Å². The van der Waals surface area contributed by atoms with Gasteiger partial charge < -0.3 is 14.6 Å². The van der Waals surface area contributed by atoms with Crippen molar-refractivity contribution in [3.8, 4) is 5.75 Å². The maximum absolute atomic E-state index is 11.7. The molecular formula is C12H14N2O4S. The average molecular weight is 282 g/mol. The molecule has 1 fully saturated rings. The number of benzene rings is 1. The van der Waals surface area contributed by atoms with Crippen LogP contribution in [0.1, 0.15) is 0 Å². The molecule has 6 nitrogen and oxygen atoms in total. The van der Waals surface area contributed by atoms with Gasteiger partial charge in [0, 0.05) is 0 Å². The Bertz CT molecular complexity index is 480. The van der Waals surface area contributed by atoms with Crippen molar-refractivity contribution in [1.29, 1.82) is 0 Å². The summed E-state index contributed by atoms with van der Waals surface area (Å²) in [5.74, 6) is -0.349. The lowest BCUT2D eigenvalue weighted by Gasteiger charge is -2.39. The quantitative estimate of drug-likeness (QED) is 0.556. The molecule has 102 valence electrons. The van der Waals surface area contributed by atoms with Gasteiger partial charge in [0.25, 0.3) is 16.7 Å². The molecule has 1 aliphatic heterocycles. The van der Waals surface area contributed by atoms with E-state index in [-0.39, 0.29) is 13.2 Å². The summed E-state index contributed by atoms with van der Waals surface area (Å²) in [5, 5.41) is 4.95. The Balaban J connectivity index is 1.89. The van der Waals surface area contributed by atoms with Gasteiger partial charge in [-0.1, -0.05) is 18.2 Å². The van der Waals surface area contributed by atoms with Gasteiger partial charge in [-0.05, 0) is 23.3 Å².